The minimum Gasteiger partial charge on any atom is -0.348 e. The van der Waals surface area contributed by atoms with Gasteiger partial charge < -0.3 is 10.6 Å². The Bertz CT molecular complexity index is 793. The number of nitrogens with one attached hydrogen (secondary N) is 2. The Hall–Kier alpha value is -1.59. The van der Waals surface area contributed by atoms with Crippen LogP contribution in [0.3, 0.4) is 0 Å². The first-order chi connectivity index (χ1) is 11.6. The van der Waals surface area contributed by atoms with Crippen molar-refractivity contribution in [1.82, 2.24) is 20.0 Å². The Kier molecular flexibility index (Phi) is 4.58. The van der Waals surface area contributed by atoms with E-state index in [-0.39, 0.29) is 23.0 Å². The van der Waals surface area contributed by atoms with Crippen molar-refractivity contribution in [3.63, 3.8) is 0 Å². The third-order valence-electron chi connectivity index (χ3n) is 4.74. The summed E-state index contributed by atoms with van der Waals surface area (Å²) in [6.07, 6.45) is 4.30. The molecule has 3 rings (SSSR count). The maximum absolute atomic E-state index is 13.0. The number of aromatic nitrogens is 2. The van der Waals surface area contributed by atoms with Crippen molar-refractivity contribution in [3.8, 4) is 0 Å². The monoisotopic (exact) mass is 362 g/mol. The van der Waals surface area contributed by atoms with E-state index < -0.39 is 0 Å². The summed E-state index contributed by atoms with van der Waals surface area (Å²) in [7, 11) is 0. The first kappa shape index (κ1) is 18.2. The molecule has 1 fully saturated rings. The number of amides is 1. The Balaban J connectivity index is 1.90. The van der Waals surface area contributed by atoms with Crippen molar-refractivity contribution >= 4 is 23.2 Å². The van der Waals surface area contributed by atoms with Gasteiger partial charge in [-0.3, -0.25) is 9.20 Å². The van der Waals surface area contributed by atoms with Gasteiger partial charge in [0.1, 0.15) is 11.3 Å². The van der Waals surface area contributed by atoms with E-state index in [1.54, 1.807) is 12.1 Å². The topological polar surface area (TPSA) is 58.4 Å². The molecular weight excluding hydrogens is 336 g/mol. The van der Waals surface area contributed by atoms with Crippen LogP contribution in [-0.4, -0.2) is 32.4 Å². The molecule has 0 aromatic carbocycles. The van der Waals surface area contributed by atoms with E-state index in [0.717, 1.165) is 18.5 Å². The molecule has 2 aromatic heterocycles. The van der Waals surface area contributed by atoms with Crippen molar-refractivity contribution in [3.05, 3.63) is 34.7 Å². The number of aryl methyl sites for hydroxylation is 1. The number of halogens is 1. The third kappa shape index (κ3) is 3.82. The SMILES string of the molecule is CCc1nc2cc(Cl)ccn2c1C(=O)NC1CC(C)(C)NC(C)(C)C1. The molecule has 5 nitrogen and oxygen atoms in total. The fourth-order valence-electron chi connectivity index (χ4n) is 4.23. The standard InChI is InChI=1S/C19H27ClN4O/c1-6-14-16(24-8-7-12(20)9-15(24)22-14)17(25)21-13-10-18(2,3)23-19(4,5)11-13/h7-9,13,23H,6,10-11H2,1-5H3,(H,21,25). The molecule has 6 heteroatoms. The van der Waals surface area contributed by atoms with Gasteiger partial charge in [0.05, 0.1) is 5.69 Å². The zero-order chi connectivity index (χ0) is 18.4. The van der Waals surface area contributed by atoms with Gasteiger partial charge in [0.25, 0.3) is 5.91 Å². The van der Waals surface area contributed by atoms with E-state index in [1.165, 1.54) is 0 Å². The Morgan fingerprint density at radius 1 is 1.36 bits per heavy atom. The predicted molar refractivity (Wildman–Crippen MR) is 101 cm³/mol. The lowest BCUT2D eigenvalue weighted by molar-refractivity contribution is 0.0866. The molecule has 0 aliphatic carbocycles. The number of rotatable bonds is 3. The Morgan fingerprint density at radius 3 is 2.60 bits per heavy atom. The lowest BCUT2D eigenvalue weighted by Crippen LogP contribution is -2.62. The lowest BCUT2D eigenvalue weighted by Gasteiger charge is -2.46. The van der Waals surface area contributed by atoms with E-state index in [2.05, 4.69) is 43.3 Å². The average molecular weight is 363 g/mol. The minimum absolute atomic E-state index is 0.0136. The largest absolute Gasteiger partial charge is 0.348 e. The lowest BCUT2D eigenvalue weighted by atomic mass is 9.79. The number of carbonyl (C=O) groups excluding carboxylic acids is 1. The Morgan fingerprint density at radius 2 is 2.00 bits per heavy atom. The fraction of sp³-hybridized carbons (Fsp3) is 0.579. The summed E-state index contributed by atoms with van der Waals surface area (Å²) in [6.45, 7) is 10.7. The highest BCUT2D eigenvalue weighted by Gasteiger charge is 2.38. The van der Waals surface area contributed by atoms with E-state index in [1.807, 2.05) is 17.5 Å². The number of hydrogen-bond donors (Lipinski definition) is 2. The zero-order valence-corrected chi connectivity index (χ0v) is 16.4. The molecule has 1 aliphatic heterocycles. The third-order valence-corrected chi connectivity index (χ3v) is 4.97. The number of nitrogens with zero attached hydrogens (tertiary/aromatic N) is 2. The van der Waals surface area contributed by atoms with Gasteiger partial charge in [-0.05, 0) is 53.0 Å². The second-order valence-electron chi connectivity index (χ2n) is 8.31. The van der Waals surface area contributed by atoms with E-state index in [9.17, 15) is 4.79 Å². The molecule has 2 aromatic rings. The van der Waals surface area contributed by atoms with Gasteiger partial charge in [0.15, 0.2) is 0 Å². The van der Waals surface area contributed by atoms with Gasteiger partial charge >= 0.3 is 0 Å². The van der Waals surface area contributed by atoms with Crippen molar-refractivity contribution in [2.45, 2.75) is 71.0 Å². The molecule has 0 atom stereocenters. The summed E-state index contributed by atoms with van der Waals surface area (Å²) in [5.41, 5.74) is 2.09. The second-order valence-corrected chi connectivity index (χ2v) is 8.74. The van der Waals surface area contributed by atoms with Crippen LogP contribution in [0, 0.1) is 0 Å². The number of imidazole rings is 1. The molecule has 0 radical (unpaired) electrons. The number of pyridine rings is 1. The number of piperidine rings is 1. The predicted octanol–water partition coefficient (Wildman–Crippen LogP) is 3.59. The molecule has 0 saturated carbocycles. The normalized spacial score (nSPS) is 19.9. The van der Waals surface area contributed by atoms with Gasteiger partial charge in [-0.25, -0.2) is 4.98 Å². The fourth-order valence-corrected chi connectivity index (χ4v) is 4.39. The van der Waals surface area contributed by atoms with Gasteiger partial charge in [-0.15, -0.1) is 0 Å². The van der Waals surface area contributed by atoms with Crippen molar-refractivity contribution in [2.75, 3.05) is 0 Å². The van der Waals surface area contributed by atoms with E-state index >= 15 is 0 Å². The van der Waals surface area contributed by atoms with Crippen LogP contribution in [-0.2, 0) is 6.42 Å². The first-order valence-corrected chi connectivity index (χ1v) is 9.25. The highest BCUT2D eigenvalue weighted by atomic mass is 35.5. The van der Waals surface area contributed by atoms with Crippen molar-refractivity contribution in [2.24, 2.45) is 0 Å². The molecule has 0 bridgehead atoms. The average Bonchev–Trinajstić information content (AvgIpc) is 2.81. The highest BCUT2D eigenvalue weighted by molar-refractivity contribution is 6.30. The quantitative estimate of drug-likeness (QED) is 0.877. The van der Waals surface area contributed by atoms with Gasteiger partial charge in [-0.1, -0.05) is 18.5 Å². The van der Waals surface area contributed by atoms with Crippen LogP contribution in [0.25, 0.3) is 5.65 Å². The van der Waals surface area contributed by atoms with Crippen LogP contribution in [0.1, 0.15) is 63.6 Å². The summed E-state index contributed by atoms with van der Waals surface area (Å²) in [5, 5.41) is 7.51. The maximum atomic E-state index is 13.0. The minimum atomic E-state index is -0.0647. The van der Waals surface area contributed by atoms with Crippen molar-refractivity contribution in [1.29, 1.82) is 0 Å². The van der Waals surface area contributed by atoms with Gasteiger partial charge in [0.2, 0.25) is 0 Å². The number of fused-ring (bicyclic) bond motifs is 1. The van der Waals surface area contributed by atoms with Crippen LogP contribution in [0.2, 0.25) is 5.02 Å². The summed E-state index contributed by atoms with van der Waals surface area (Å²) in [4.78, 5) is 17.6. The Labute approximate surface area is 154 Å². The molecule has 1 aliphatic rings. The van der Waals surface area contributed by atoms with Crippen molar-refractivity contribution < 1.29 is 4.79 Å². The molecule has 1 amide bonds. The summed E-state index contributed by atoms with van der Waals surface area (Å²) >= 11 is 6.06. The van der Waals surface area contributed by atoms with E-state index in [4.69, 9.17) is 11.6 Å². The van der Waals surface area contributed by atoms with Crippen LogP contribution >= 0.6 is 11.6 Å². The highest BCUT2D eigenvalue weighted by Crippen LogP contribution is 2.29. The second kappa shape index (κ2) is 6.29. The molecular formula is C19H27ClN4O. The van der Waals surface area contributed by atoms with E-state index in [0.29, 0.717) is 22.8 Å². The zero-order valence-electron chi connectivity index (χ0n) is 15.6. The van der Waals surface area contributed by atoms with Crippen LogP contribution < -0.4 is 10.6 Å². The van der Waals surface area contributed by atoms with Gasteiger partial charge in [-0.2, -0.15) is 0 Å². The molecule has 136 valence electrons. The summed E-state index contributed by atoms with van der Waals surface area (Å²) in [5.74, 6) is -0.0647. The molecule has 0 unspecified atom stereocenters. The molecule has 3 heterocycles. The van der Waals surface area contributed by atoms with Crippen LogP contribution in [0.15, 0.2) is 18.3 Å². The number of hydrogen-bond acceptors (Lipinski definition) is 3. The number of carbonyl (C=O) groups is 1. The smallest absolute Gasteiger partial charge is 0.270 e. The summed E-state index contributed by atoms with van der Waals surface area (Å²) < 4.78 is 1.83. The van der Waals surface area contributed by atoms with Crippen LogP contribution in [0.5, 0.6) is 0 Å². The molecule has 0 spiro atoms. The first-order valence-electron chi connectivity index (χ1n) is 8.87. The molecule has 2 N–H and O–H groups in total. The summed E-state index contributed by atoms with van der Waals surface area (Å²) in [6, 6.07) is 3.69. The molecule has 1 saturated heterocycles. The maximum Gasteiger partial charge on any atom is 0.270 e. The van der Waals surface area contributed by atoms with Gasteiger partial charge in [0, 0.05) is 34.4 Å². The van der Waals surface area contributed by atoms with Crippen LogP contribution in [0.4, 0.5) is 0 Å². The molecule has 25 heavy (non-hydrogen) atoms.